The molecule has 1 rings (SSSR count). The Morgan fingerprint density at radius 1 is 1.33 bits per heavy atom. The van der Waals surface area contributed by atoms with E-state index >= 15 is 0 Å². The molecule has 0 atom stereocenters. The number of carbonyl (C=O) groups excluding carboxylic acids is 2. The van der Waals surface area contributed by atoms with Crippen LogP contribution in [0.25, 0.3) is 6.08 Å². The highest BCUT2D eigenvalue weighted by atomic mass is 16.5. The van der Waals surface area contributed by atoms with Crippen molar-refractivity contribution in [1.29, 1.82) is 0 Å². The highest BCUT2D eigenvalue weighted by molar-refractivity contribution is 6.19. The zero-order chi connectivity index (χ0) is 13.5. The van der Waals surface area contributed by atoms with E-state index in [1.807, 2.05) is 0 Å². The maximum absolute atomic E-state index is 11.6. The average Bonchev–Trinajstić information content (AvgIpc) is 2.36. The molecule has 0 aromatic heterocycles. The van der Waals surface area contributed by atoms with Gasteiger partial charge in [0.25, 0.3) is 0 Å². The minimum absolute atomic E-state index is 0.0325. The van der Waals surface area contributed by atoms with Crippen molar-refractivity contribution in [3.63, 3.8) is 0 Å². The molecule has 4 heteroatoms. The summed E-state index contributed by atoms with van der Waals surface area (Å²) in [4.78, 5) is 23.0. The molecule has 0 unspecified atom stereocenters. The molecular formula is C14H16O4. The monoisotopic (exact) mass is 248 g/mol. The first-order valence-electron chi connectivity index (χ1n) is 5.62. The SMILES string of the molecule is CCOC(=O)/C(=C/c1cccc(OC)c1)C(C)=O. The van der Waals surface area contributed by atoms with E-state index in [4.69, 9.17) is 9.47 Å². The van der Waals surface area contributed by atoms with Gasteiger partial charge in [0.05, 0.1) is 13.7 Å². The van der Waals surface area contributed by atoms with Gasteiger partial charge < -0.3 is 9.47 Å². The second kappa shape index (κ2) is 6.59. The summed E-state index contributed by atoms with van der Waals surface area (Å²) in [5.41, 5.74) is 0.748. The van der Waals surface area contributed by atoms with Gasteiger partial charge in [-0.3, -0.25) is 4.79 Å². The lowest BCUT2D eigenvalue weighted by Gasteiger charge is -2.04. The lowest BCUT2D eigenvalue weighted by molar-refractivity contribution is -0.139. The van der Waals surface area contributed by atoms with Crippen molar-refractivity contribution in [1.82, 2.24) is 0 Å². The molecule has 0 fully saturated rings. The molecule has 4 nitrogen and oxygen atoms in total. The number of Topliss-reactive ketones (excluding diaryl/α,β-unsaturated/α-hetero) is 1. The Kier molecular flexibility index (Phi) is 5.11. The summed E-state index contributed by atoms with van der Waals surface area (Å²) < 4.78 is 9.91. The predicted octanol–water partition coefficient (Wildman–Crippen LogP) is 2.23. The number of methoxy groups -OCH3 is 1. The van der Waals surface area contributed by atoms with Crippen LogP contribution in [0.1, 0.15) is 19.4 Å². The van der Waals surface area contributed by atoms with E-state index < -0.39 is 5.97 Å². The molecule has 18 heavy (non-hydrogen) atoms. The van der Waals surface area contributed by atoms with Gasteiger partial charge in [0.15, 0.2) is 5.78 Å². The van der Waals surface area contributed by atoms with Crippen molar-refractivity contribution in [2.75, 3.05) is 13.7 Å². The van der Waals surface area contributed by atoms with Crippen LogP contribution >= 0.6 is 0 Å². The van der Waals surface area contributed by atoms with E-state index in [0.717, 1.165) is 0 Å². The van der Waals surface area contributed by atoms with Crippen LogP contribution in [-0.4, -0.2) is 25.5 Å². The van der Waals surface area contributed by atoms with E-state index in [1.54, 1.807) is 38.3 Å². The summed E-state index contributed by atoms with van der Waals surface area (Å²) in [6.45, 7) is 3.27. The standard InChI is InChI=1S/C14H16O4/c1-4-18-14(16)13(10(2)15)9-11-6-5-7-12(8-11)17-3/h5-9H,4H2,1-3H3/b13-9+. The highest BCUT2D eigenvalue weighted by Gasteiger charge is 2.15. The van der Waals surface area contributed by atoms with Crippen LogP contribution in [0.5, 0.6) is 5.75 Å². The number of ether oxygens (including phenoxy) is 2. The number of benzene rings is 1. The molecule has 0 saturated heterocycles. The zero-order valence-electron chi connectivity index (χ0n) is 10.7. The van der Waals surface area contributed by atoms with Gasteiger partial charge >= 0.3 is 5.97 Å². The van der Waals surface area contributed by atoms with Gasteiger partial charge in [-0.1, -0.05) is 12.1 Å². The molecule has 1 aromatic carbocycles. The van der Waals surface area contributed by atoms with Crippen molar-refractivity contribution >= 4 is 17.8 Å². The second-order valence-corrected chi connectivity index (χ2v) is 3.61. The average molecular weight is 248 g/mol. The summed E-state index contributed by atoms with van der Waals surface area (Å²) in [6, 6.07) is 7.09. The van der Waals surface area contributed by atoms with Crippen molar-refractivity contribution in [3.8, 4) is 5.75 Å². The Balaban J connectivity index is 3.07. The third kappa shape index (κ3) is 3.73. The molecule has 96 valence electrons. The van der Waals surface area contributed by atoms with Crippen molar-refractivity contribution in [2.45, 2.75) is 13.8 Å². The van der Waals surface area contributed by atoms with Gasteiger partial charge in [0.2, 0.25) is 0 Å². The molecular weight excluding hydrogens is 232 g/mol. The van der Waals surface area contributed by atoms with Gasteiger partial charge in [-0.25, -0.2) is 4.79 Å². The quantitative estimate of drug-likeness (QED) is 0.347. The Bertz CT molecular complexity index is 474. The largest absolute Gasteiger partial charge is 0.497 e. The summed E-state index contributed by atoms with van der Waals surface area (Å²) in [5, 5.41) is 0. The van der Waals surface area contributed by atoms with Gasteiger partial charge in [-0.05, 0) is 37.6 Å². The Hall–Kier alpha value is -2.10. The lowest BCUT2D eigenvalue weighted by atomic mass is 10.1. The van der Waals surface area contributed by atoms with E-state index in [9.17, 15) is 9.59 Å². The third-order valence-electron chi connectivity index (χ3n) is 2.28. The van der Waals surface area contributed by atoms with Crippen molar-refractivity contribution < 1.29 is 19.1 Å². The summed E-state index contributed by atoms with van der Waals surface area (Å²) in [7, 11) is 1.56. The summed E-state index contributed by atoms with van der Waals surface area (Å²) in [6.07, 6.45) is 1.50. The summed E-state index contributed by atoms with van der Waals surface area (Å²) >= 11 is 0. The van der Waals surface area contributed by atoms with Gasteiger partial charge in [-0.15, -0.1) is 0 Å². The van der Waals surface area contributed by atoms with Crippen molar-refractivity contribution in [2.24, 2.45) is 0 Å². The molecule has 0 aliphatic carbocycles. The second-order valence-electron chi connectivity index (χ2n) is 3.61. The minimum atomic E-state index is -0.604. The molecule has 0 aliphatic heterocycles. The first kappa shape index (κ1) is 14.0. The predicted molar refractivity (Wildman–Crippen MR) is 68.3 cm³/mol. The maximum Gasteiger partial charge on any atom is 0.341 e. The fourth-order valence-corrected chi connectivity index (χ4v) is 1.41. The molecule has 1 aromatic rings. The van der Waals surface area contributed by atoms with E-state index in [-0.39, 0.29) is 18.0 Å². The first-order chi connectivity index (χ1) is 8.58. The molecule has 0 heterocycles. The fourth-order valence-electron chi connectivity index (χ4n) is 1.41. The van der Waals surface area contributed by atoms with Crippen molar-refractivity contribution in [3.05, 3.63) is 35.4 Å². The van der Waals surface area contributed by atoms with Gasteiger partial charge in [0, 0.05) is 0 Å². The Morgan fingerprint density at radius 3 is 2.61 bits per heavy atom. The minimum Gasteiger partial charge on any atom is -0.497 e. The first-order valence-corrected chi connectivity index (χ1v) is 5.62. The van der Waals surface area contributed by atoms with Crippen LogP contribution in [0.3, 0.4) is 0 Å². The van der Waals surface area contributed by atoms with Crippen LogP contribution in [0.4, 0.5) is 0 Å². The number of hydrogen-bond donors (Lipinski definition) is 0. The number of ketones is 1. The van der Waals surface area contributed by atoms with Crippen LogP contribution < -0.4 is 4.74 Å². The van der Waals surface area contributed by atoms with Crippen LogP contribution in [-0.2, 0) is 14.3 Å². The Labute approximate surface area is 106 Å². The molecule has 0 bridgehead atoms. The normalized spacial score (nSPS) is 10.9. The zero-order valence-corrected chi connectivity index (χ0v) is 10.7. The number of hydrogen-bond acceptors (Lipinski definition) is 4. The van der Waals surface area contributed by atoms with E-state index in [1.165, 1.54) is 13.0 Å². The lowest BCUT2D eigenvalue weighted by Crippen LogP contribution is -2.13. The molecule has 0 saturated carbocycles. The molecule has 0 N–H and O–H groups in total. The van der Waals surface area contributed by atoms with Crippen LogP contribution in [0, 0.1) is 0 Å². The number of rotatable bonds is 5. The van der Waals surface area contributed by atoms with Gasteiger partial charge in [-0.2, -0.15) is 0 Å². The number of esters is 1. The third-order valence-corrected chi connectivity index (χ3v) is 2.28. The molecule has 0 spiro atoms. The van der Waals surface area contributed by atoms with E-state index in [0.29, 0.717) is 11.3 Å². The maximum atomic E-state index is 11.6. The molecule has 0 aliphatic rings. The smallest absolute Gasteiger partial charge is 0.341 e. The van der Waals surface area contributed by atoms with Crippen LogP contribution in [0.15, 0.2) is 29.8 Å². The Morgan fingerprint density at radius 2 is 2.06 bits per heavy atom. The topological polar surface area (TPSA) is 52.6 Å². The number of carbonyl (C=O) groups is 2. The molecule has 0 amide bonds. The highest BCUT2D eigenvalue weighted by Crippen LogP contribution is 2.16. The van der Waals surface area contributed by atoms with E-state index in [2.05, 4.69) is 0 Å². The van der Waals surface area contributed by atoms with Crippen LogP contribution in [0.2, 0.25) is 0 Å². The van der Waals surface area contributed by atoms with Gasteiger partial charge in [0.1, 0.15) is 11.3 Å². The fraction of sp³-hybridized carbons (Fsp3) is 0.286. The summed E-state index contributed by atoms with van der Waals surface area (Å²) in [5.74, 6) is -0.264. The molecule has 0 radical (unpaired) electrons.